The Morgan fingerprint density at radius 1 is 1.13 bits per heavy atom. The first-order valence-electron chi connectivity index (χ1n) is 10.2. The fraction of sp³-hybridized carbons (Fsp3) is 0.476. The van der Waals surface area contributed by atoms with Crippen LogP contribution in [0.15, 0.2) is 29.5 Å². The normalized spacial score (nSPS) is 21.5. The maximum absolute atomic E-state index is 14.5. The lowest BCUT2D eigenvalue weighted by Crippen LogP contribution is -2.37. The molecule has 3 aromatic heterocycles. The number of fused-ring (bicyclic) bond motifs is 2. The lowest BCUT2D eigenvalue weighted by molar-refractivity contribution is -0.0320. The summed E-state index contributed by atoms with van der Waals surface area (Å²) in [5.74, 6) is -2.96. The van der Waals surface area contributed by atoms with Gasteiger partial charge in [-0.05, 0) is 51.3 Å². The molecule has 1 atom stereocenters. The quantitative estimate of drug-likeness (QED) is 0.697. The predicted octanol–water partition coefficient (Wildman–Crippen LogP) is 2.83. The van der Waals surface area contributed by atoms with E-state index in [1.807, 2.05) is 6.07 Å². The first kappa shape index (κ1) is 19.2. The molecule has 5 rings (SSSR count). The maximum Gasteiger partial charge on any atom is 0.291 e. The fourth-order valence-electron chi connectivity index (χ4n) is 4.61. The minimum Gasteiger partial charge on any atom is -0.317 e. The molecular weight excluding hydrogens is 390 g/mol. The second-order valence-corrected chi connectivity index (χ2v) is 8.07. The van der Waals surface area contributed by atoms with Crippen molar-refractivity contribution in [3.63, 3.8) is 0 Å². The lowest BCUT2D eigenvalue weighted by atomic mass is 9.89. The molecule has 1 unspecified atom stereocenters. The van der Waals surface area contributed by atoms with E-state index in [0.717, 1.165) is 25.9 Å². The highest BCUT2D eigenvalue weighted by Gasteiger charge is 2.44. The Kier molecular flexibility index (Phi) is 4.57. The van der Waals surface area contributed by atoms with Crippen LogP contribution in [0.5, 0.6) is 0 Å². The first-order chi connectivity index (χ1) is 14.5. The predicted molar refractivity (Wildman–Crippen MR) is 107 cm³/mol. The van der Waals surface area contributed by atoms with Crippen molar-refractivity contribution in [3.05, 3.63) is 57.7 Å². The van der Waals surface area contributed by atoms with Gasteiger partial charge in [0.15, 0.2) is 5.65 Å². The van der Waals surface area contributed by atoms with E-state index < -0.39 is 18.4 Å². The molecule has 0 aromatic carbocycles. The van der Waals surface area contributed by atoms with Crippen LogP contribution in [0.2, 0.25) is 0 Å². The molecule has 156 valence electrons. The number of nitrogens with one attached hydrogen (secondary N) is 1. The third-order valence-electron chi connectivity index (χ3n) is 6.10. The molecule has 0 bridgehead atoms. The van der Waals surface area contributed by atoms with Gasteiger partial charge in [-0.15, -0.1) is 0 Å². The van der Waals surface area contributed by atoms with Crippen molar-refractivity contribution in [2.24, 2.45) is 0 Å². The Balaban J connectivity index is 1.77. The van der Waals surface area contributed by atoms with Crippen LogP contribution in [0, 0.1) is 6.92 Å². The molecule has 3 aromatic rings. The number of aromatic nitrogens is 5. The molecule has 0 spiro atoms. The third-order valence-corrected chi connectivity index (χ3v) is 6.10. The zero-order chi connectivity index (χ0) is 20.9. The molecule has 1 fully saturated rings. The number of hydrogen-bond acceptors (Lipinski definition) is 6. The summed E-state index contributed by atoms with van der Waals surface area (Å²) in [4.78, 5) is 30.9. The van der Waals surface area contributed by atoms with E-state index in [0.29, 0.717) is 22.4 Å². The van der Waals surface area contributed by atoms with Crippen LogP contribution >= 0.6 is 0 Å². The zero-order valence-corrected chi connectivity index (χ0v) is 16.6. The molecule has 9 heteroatoms. The Bertz CT molecular complexity index is 1170. The van der Waals surface area contributed by atoms with Crippen LogP contribution in [0.4, 0.5) is 8.78 Å². The number of alkyl halides is 2. The summed E-state index contributed by atoms with van der Waals surface area (Å²) < 4.78 is 30.6. The Hall–Kier alpha value is -2.81. The minimum absolute atomic E-state index is 0.0823. The Morgan fingerprint density at radius 2 is 1.90 bits per heavy atom. The van der Waals surface area contributed by atoms with Gasteiger partial charge >= 0.3 is 0 Å². The number of pyridine rings is 1. The van der Waals surface area contributed by atoms with Crippen LogP contribution < -0.4 is 10.9 Å². The van der Waals surface area contributed by atoms with Gasteiger partial charge < -0.3 is 5.32 Å². The van der Waals surface area contributed by atoms with Gasteiger partial charge in [-0.1, -0.05) is 0 Å². The second kappa shape index (κ2) is 7.16. The average molecular weight is 412 g/mol. The van der Waals surface area contributed by atoms with Crippen molar-refractivity contribution < 1.29 is 8.78 Å². The van der Waals surface area contributed by atoms with Crippen LogP contribution in [0.1, 0.15) is 60.3 Å². The van der Waals surface area contributed by atoms with Crippen LogP contribution in [0.3, 0.4) is 0 Å². The molecule has 7 nitrogen and oxygen atoms in total. The topological polar surface area (TPSA) is 85.6 Å². The van der Waals surface area contributed by atoms with Crippen molar-refractivity contribution in [2.45, 2.75) is 50.5 Å². The van der Waals surface area contributed by atoms with Gasteiger partial charge in [-0.2, -0.15) is 8.78 Å². The SMILES string of the molecule is Cc1cnc2cc(C3CCNCC3)c(=O)n(C3CCC(F)(F)c4nccnc43)c2n1. The maximum atomic E-state index is 14.5. The van der Waals surface area contributed by atoms with Gasteiger partial charge in [0.25, 0.3) is 11.5 Å². The van der Waals surface area contributed by atoms with Crippen molar-refractivity contribution in [3.8, 4) is 0 Å². The summed E-state index contributed by atoms with van der Waals surface area (Å²) in [7, 11) is 0. The second-order valence-electron chi connectivity index (χ2n) is 8.07. The molecule has 2 aliphatic rings. The van der Waals surface area contributed by atoms with Crippen molar-refractivity contribution in [2.75, 3.05) is 13.1 Å². The van der Waals surface area contributed by atoms with Crippen LogP contribution in [-0.2, 0) is 5.92 Å². The van der Waals surface area contributed by atoms with Crippen molar-refractivity contribution >= 4 is 11.2 Å². The molecule has 4 heterocycles. The highest BCUT2D eigenvalue weighted by molar-refractivity contribution is 5.71. The van der Waals surface area contributed by atoms with E-state index in [1.165, 1.54) is 17.0 Å². The van der Waals surface area contributed by atoms with E-state index in [-0.39, 0.29) is 29.3 Å². The molecular formula is C21H22F2N6O. The van der Waals surface area contributed by atoms with Crippen molar-refractivity contribution in [1.82, 2.24) is 29.8 Å². The van der Waals surface area contributed by atoms with Crippen LogP contribution in [-0.4, -0.2) is 37.6 Å². The van der Waals surface area contributed by atoms with E-state index in [9.17, 15) is 13.6 Å². The number of halogens is 2. The van der Waals surface area contributed by atoms with E-state index in [4.69, 9.17) is 0 Å². The van der Waals surface area contributed by atoms with Crippen LogP contribution in [0.25, 0.3) is 11.2 Å². The zero-order valence-electron chi connectivity index (χ0n) is 16.6. The molecule has 30 heavy (non-hydrogen) atoms. The molecule has 0 radical (unpaired) electrons. The summed E-state index contributed by atoms with van der Waals surface area (Å²) >= 11 is 0. The molecule has 0 amide bonds. The molecule has 1 saturated heterocycles. The molecule has 0 saturated carbocycles. The van der Waals surface area contributed by atoms with Gasteiger partial charge in [0.1, 0.15) is 11.2 Å². The summed E-state index contributed by atoms with van der Waals surface area (Å²) in [5.41, 5.74) is 1.93. The lowest BCUT2D eigenvalue weighted by Gasteiger charge is -2.31. The largest absolute Gasteiger partial charge is 0.317 e. The number of aryl methyl sites for hydroxylation is 1. The van der Waals surface area contributed by atoms with Gasteiger partial charge in [-0.3, -0.25) is 24.3 Å². The Morgan fingerprint density at radius 3 is 2.70 bits per heavy atom. The summed E-state index contributed by atoms with van der Waals surface area (Å²) in [6.07, 6.45) is 5.71. The number of hydrogen-bond donors (Lipinski definition) is 1. The number of nitrogens with zero attached hydrogens (tertiary/aromatic N) is 5. The van der Waals surface area contributed by atoms with Gasteiger partial charge in [0.2, 0.25) is 0 Å². The molecule has 1 aliphatic heterocycles. The summed E-state index contributed by atoms with van der Waals surface area (Å²) in [6.45, 7) is 3.47. The highest BCUT2D eigenvalue weighted by Crippen LogP contribution is 2.43. The Labute approximate surface area is 171 Å². The average Bonchev–Trinajstić information content (AvgIpc) is 2.75. The monoisotopic (exact) mass is 412 g/mol. The van der Waals surface area contributed by atoms with Gasteiger partial charge in [0, 0.05) is 30.6 Å². The van der Waals surface area contributed by atoms with Gasteiger partial charge in [0.05, 0.1) is 17.4 Å². The van der Waals surface area contributed by atoms with Gasteiger partial charge in [-0.25, -0.2) is 4.98 Å². The summed E-state index contributed by atoms with van der Waals surface area (Å²) in [5, 5.41) is 3.31. The highest BCUT2D eigenvalue weighted by atomic mass is 19.3. The first-order valence-corrected chi connectivity index (χ1v) is 10.2. The fourth-order valence-corrected chi connectivity index (χ4v) is 4.61. The standard InChI is InChI=1S/C21H22F2N6O/c1-12-11-27-15-10-14(13-3-6-24-7-4-13)20(30)29(19(15)28-12)16-2-5-21(22,23)18-17(16)25-8-9-26-18/h8-11,13,16,24H,2-7H2,1H3. The van der Waals surface area contributed by atoms with E-state index in [2.05, 4.69) is 25.3 Å². The molecule has 1 aliphatic carbocycles. The third kappa shape index (κ3) is 3.08. The van der Waals surface area contributed by atoms with Crippen molar-refractivity contribution in [1.29, 1.82) is 0 Å². The smallest absolute Gasteiger partial charge is 0.291 e. The van der Waals surface area contributed by atoms with E-state index in [1.54, 1.807) is 13.1 Å². The number of rotatable bonds is 2. The number of piperidine rings is 1. The van der Waals surface area contributed by atoms with E-state index >= 15 is 0 Å². The minimum atomic E-state index is -3.06. The molecule has 1 N–H and O–H groups in total. The summed E-state index contributed by atoms with van der Waals surface area (Å²) in [6, 6.07) is 1.17.